The average Bonchev–Trinajstić information content (AvgIpc) is 2.81. The lowest BCUT2D eigenvalue weighted by Gasteiger charge is -2.11. The summed E-state index contributed by atoms with van der Waals surface area (Å²) in [6.45, 7) is 2.99. The summed E-state index contributed by atoms with van der Waals surface area (Å²) in [5.41, 5.74) is 2.45. The van der Waals surface area contributed by atoms with E-state index in [1.165, 1.54) is 11.1 Å². The van der Waals surface area contributed by atoms with Gasteiger partial charge in [-0.15, -0.1) is 0 Å². The molecule has 0 saturated heterocycles. The minimum Gasteiger partial charge on any atom is -0.472 e. The first kappa shape index (κ1) is 11.4. The van der Waals surface area contributed by atoms with Crippen molar-refractivity contribution >= 4 is 15.9 Å². The smallest absolute Gasteiger partial charge is 0.0950 e. The Balaban J connectivity index is 1.90. The fourth-order valence-electron chi connectivity index (χ4n) is 1.51. The van der Waals surface area contributed by atoms with Gasteiger partial charge in [0.05, 0.1) is 12.5 Å². The number of rotatable bonds is 4. The Bertz CT molecular complexity index is 422. The normalized spacial score (nSPS) is 12.6. The fraction of sp³-hybridized carbons (Fsp3) is 0.231. The molecule has 3 heteroatoms. The SMILES string of the molecule is CC(NCc1ccc(Br)cc1)c1ccoc1. The van der Waals surface area contributed by atoms with Gasteiger partial charge in [0.15, 0.2) is 0 Å². The summed E-state index contributed by atoms with van der Waals surface area (Å²) in [5.74, 6) is 0. The zero-order valence-corrected chi connectivity index (χ0v) is 10.7. The molecule has 1 atom stereocenters. The second kappa shape index (κ2) is 5.32. The minimum absolute atomic E-state index is 0.308. The first-order chi connectivity index (χ1) is 7.75. The molecule has 0 amide bonds. The van der Waals surface area contributed by atoms with Gasteiger partial charge in [-0.05, 0) is 30.7 Å². The van der Waals surface area contributed by atoms with Crippen LogP contribution in [0.1, 0.15) is 24.1 Å². The molecule has 0 aliphatic carbocycles. The van der Waals surface area contributed by atoms with Crippen LogP contribution in [0.15, 0.2) is 51.7 Å². The van der Waals surface area contributed by atoms with Crippen LogP contribution < -0.4 is 5.32 Å². The van der Waals surface area contributed by atoms with E-state index < -0.39 is 0 Å². The fourth-order valence-corrected chi connectivity index (χ4v) is 1.78. The molecule has 1 aromatic carbocycles. The van der Waals surface area contributed by atoms with Gasteiger partial charge in [0.25, 0.3) is 0 Å². The maximum absolute atomic E-state index is 5.06. The molecule has 0 aliphatic heterocycles. The number of hydrogen-bond donors (Lipinski definition) is 1. The van der Waals surface area contributed by atoms with Crippen molar-refractivity contribution in [2.45, 2.75) is 19.5 Å². The second-order valence-electron chi connectivity index (χ2n) is 3.79. The highest BCUT2D eigenvalue weighted by molar-refractivity contribution is 9.10. The third-order valence-corrected chi connectivity index (χ3v) is 3.10. The Morgan fingerprint density at radius 3 is 2.62 bits per heavy atom. The van der Waals surface area contributed by atoms with E-state index in [0.29, 0.717) is 6.04 Å². The van der Waals surface area contributed by atoms with E-state index in [4.69, 9.17) is 4.42 Å². The Labute approximate surface area is 104 Å². The van der Waals surface area contributed by atoms with Crippen LogP contribution in [-0.2, 0) is 6.54 Å². The Morgan fingerprint density at radius 2 is 2.00 bits per heavy atom. The number of hydrogen-bond acceptors (Lipinski definition) is 2. The standard InChI is InChI=1S/C13H14BrNO/c1-10(12-6-7-16-9-12)15-8-11-2-4-13(14)5-3-11/h2-7,9-10,15H,8H2,1H3. The van der Waals surface area contributed by atoms with Crippen molar-refractivity contribution in [1.82, 2.24) is 5.32 Å². The average molecular weight is 280 g/mol. The van der Waals surface area contributed by atoms with Crippen LogP contribution in [0.4, 0.5) is 0 Å². The van der Waals surface area contributed by atoms with Crippen LogP contribution >= 0.6 is 15.9 Å². The van der Waals surface area contributed by atoms with Crippen molar-refractivity contribution in [3.8, 4) is 0 Å². The van der Waals surface area contributed by atoms with Crippen LogP contribution in [-0.4, -0.2) is 0 Å². The summed E-state index contributed by atoms with van der Waals surface area (Å²) < 4.78 is 6.17. The van der Waals surface area contributed by atoms with Crippen LogP contribution in [0.3, 0.4) is 0 Å². The molecule has 84 valence electrons. The zero-order valence-electron chi connectivity index (χ0n) is 9.11. The predicted octanol–water partition coefficient (Wildman–Crippen LogP) is 3.89. The summed E-state index contributed by atoms with van der Waals surface area (Å²) >= 11 is 3.42. The van der Waals surface area contributed by atoms with Gasteiger partial charge in [0, 0.05) is 22.6 Å². The van der Waals surface area contributed by atoms with Gasteiger partial charge in [-0.1, -0.05) is 28.1 Å². The van der Waals surface area contributed by atoms with Crippen molar-refractivity contribution in [3.63, 3.8) is 0 Å². The van der Waals surface area contributed by atoms with Gasteiger partial charge >= 0.3 is 0 Å². The van der Waals surface area contributed by atoms with E-state index in [1.807, 2.05) is 6.07 Å². The second-order valence-corrected chi connectivity index (χ2v) is 4.70. The maximum Gasteiger partial charge on any atom is 0.0950 e. The molecule has 0 bridgehead atoms. The molecule has 0 radical (unpaired) electrons. The highest BCUT2D eigenvalue weighted by atomic mass is 79.9. The molecule has 0 saturated carbocycles. The van der Waals surface area contributed by atoms with Crippen LogP contribution in [0.2, 0.25) is 0 Å². The molecule has 2 rings (SSSR count). The van der Waals surface area contributed by atoms with Gasteiger partial charge in [0.2, 0.25) is 0 Å². The molecular weight excluding hydrogens is 266 g/mol. The molecule has 2 nitrogen and oxygen atoms in total. The van der Waals surface area contributed by atoms with Crippen molar-refractivity contribution in [2.24, 2.45) is 0 Å². The van der Waals surface area contributed by atoms with Gasteiger partial charge in [-0.2, -0.15) is 0 Å². The summed E-state index contributed by atoms with van der Waals surface area (Å²) in [7, 11) is 0. The molecule has 1 N–H and O–H groups in total. The van der Waals surface area contributed by atoms with E-state index in [-0.39, 0.29) is 0 Å². The van der Waals surface area contributed by atoms with Gasteiger partial charge in [-0.25, -0.2) is 0 Å². The van der Waals surface area contributed by atoms with Gasteiger partial charge in [-0.3, -0.25) is 0 Å². The van der Waals surface area contributed by atoms with Gasteiger partial charge < -0.3 is 9.73 Å². The molecule has 1 heterocycles. The van der Waals surface area contributed by atoms with E-state index in [1.54, 1.807) is 12.5 Å². The van der Waals surface area contributed by atoms with E-state index >= 15 is 0 Å². The lowest BCUT2D eigenvalue weighted by atomic mass is 10.1. The number of halogens is 1. The van der Waals surface area contributed by atoms with Crippen LogP contribution in [0, 0.1) is 0 Å². The summed E-state index contributed by atoms with van der Waals surface area (Å²) in [5, 5.41) is 3.45. The summed E-state index contributed by atoms with van der Waals surface area (Å²) in [6, 6.07) is 10.6. The molecule has 0 fully saturated rings. The Morgan fingerprint density at radius 1 is 1.25 bits per heavy atom. The lowest BCUT2D eigenvalue weighted by molar-refractivity contribution is 0.538. The van der Waals surface area contributed by atoms with Gasteiger partial charge in [0.1, 0.15) is 0 Å². The number of benzene rings is 1. The monoisotopic (exact) mass is 279 g/mol. The highest BCUT2D eigenvalue weighted by Crippen LogP contribution is 2.14. The molecule has 0 spiro atoms. The van der Waals surface area contributed by atoms with Crippen LogP contribution in [0.25, 0.3) is 0 Å². The minimum atomic E-state index is 0.308. The van der Waals surface area contributed by atoms with E-state index in [9.17, 15) is 0 Å². The zero-order chi connectivity index (χ0) is 11.4. The molecule has 16 heavy (non-hydrogen) atoms. The third kappa shape index (κ3) is 2.97. The van der Waals surface area contributed by atoms with Crippen molar-refractivity contribution < 1.29 is 4.42 Å². The quantitative estimate of drug-likeness (QED) is 0.919. The van der Waals surface area contributed by atoms with E-state index in [0.717, 1.165) is 11.0 Å². The third-order valence-electron chi connectivity index (χ3n) is 2.57. The predicted molar refractivity (Wildman–Crippen MR) is 68.1 cm³/mol. The Kier molecular flexibility index (Phi) is 3.80. The molecule has 1 aromatic heterocycles. The number of furan rings is 1. The topological polar surface area (TPSA) is 25.2 Å². The molecule has 2 aromatic rings. The first-order valence-electron chi connectivity index (χ1n) is 5.25. The summed E-state index contributed by atoms with van der Waals surface area (Å²) in [4.78, 5) is 0. The van der Waals surface area contributed by atoms with Crippen molar-refractivity contribution in [1.29, 1.82) is 0 Å². The largest absolute Gasteiger partial charge is 0.472 e. The molecular formula is C13H14BrNO. The lowest BCUT2D eigenvalue weighted by Crippen LogP contribution is -2.17. The molecule has 0 aliphatic rings. The number of nitrogens with one attached hydrogen (secondary N) is 1. The molecule has 1 unspecified atom stereocenters. The van der Waals surface area contributed by atoms with Crippen molar-refractivity contribution in [2.75, 3.05) is 0 Å². The maximum atomic E-state index is 5.06. The summed E-state index contributed by atoms with van der Waals surface area (Å²) in [6.07, 6.45) is 3.48. The highest BCUT2D eigenvalue weighted by Gasteiger charge is 2.05. The van der Waals surface area contributed by atoms with Crippen LogP contribution in [0.5, 0.6) is 0 Å². The first-order valence-corrected chi connectivity index (χ1v) is 6.05. The van der Waals surface area contributed by atoms with Crippen molar-refractivity contribution in [3.05, 3.63) is 58.5 Å². The van der Waals surface area contributed by atoms with E-state index in [2.05, 4.69) is 52.4 Å². The Hall–Kier alpha value is -1.06.